The summed E-state index contributed by atoms with van der Waals surface area (Å²) in [6.07, 6.45) is 2.50. The molecule has 5 heteroatoms. The van der Waals surface area contributed by atoms with E-state index >= 15 is 0 Å². The van der Waals surface area contributed by atoms with Crippen molar-refractivity contribution in [2.24, 2.45) is 17.8 Å². The number of benzene rings is 1. The van der Waals surface area contributed by atoms with E-state index in [9.17, 15) is 9.59 Å². The SMILES string of the molecule is CC(=O)[C@@H](NC(=O)c1cnc2cc(N3CC(C)C3)c(C)cc2c1)C(C)CC(C)C. The van der Waals surface area contributed by atoms with Crippen molar-refractivity contribution in [1.82, 2.24) is 10.3 Å². The second kappa shape index (κ2) is 8.52. The van der Waals surface area contributed by atoms with E-state index in [1.54, 1.807) is 13.1 Å². The van der Waals surface area contributed by atoms with Crippen LogP contribution in [-0.4, -0.2) is 35.8 Å². The maximum Gasteiger partial charge on any atom is 0.253 e. The Bertz CT molecular complexity index is 916. The van der Waals surface area contributed by atoms with Crippen LogP contribution in [0.5, 0.6) is 0 Å². The van der Waals surface area contributed by atoms with Crippen molar-refractivity contribution in [3.8, 4) is 0 Å². The Kier molecular flexibility index (Phi) is 6.25. The molecule has 1 aliphatic rings. The van der Waals surface area contributed by atoms with E-state index in [1.165, 1.54) is 11.3 Å². The third-order valence-electron chi connectivity index (χ3n) is 5.80. The zero-order valence-electron chi connectivity index (χ0n) is 18.5. The molecular weight excluding hydrogens is 362 g/mol. The maximum atomic E-state index is 12.8. The van der Waals surface area contributed by atoms with Gasteiger partial charge in [0.2, 0.25) is 0 Å². The number of ketones is 1. The lowest BCUT2D eigenvalue weighted by Gasteiger charge is -2.40. The highest BCUT2D eigenvalue weighted by molar-refractivity contribution is 6.00. The molecule has 0 spiro atoms. The highest BCUT2D eigenvalue weighted by Gasteiger charge is 2.26. The van der Waals surface area contributed by atoms with Crippen molar-refractivity contribution >= 4 is 28.3 Å². The number of amides is 1. The standard InChI is InChI=1S/C24H33N3O2/c1-14(2)7-17(5)23(18(6)28)26-24(29)20-9-19-8-16(4)22(10-21(19)25-11-20)27-12-15(3)13-27/h8-11,14-15,17,23H,7,12-13H2,1-6H3,(H,26,29)/t17?,23-/m0/s1. The molecule has 29 heavy (non-hydrogen) atoms. The number of Topliss-reactive ketones (excluding diaryl/α,β-unsaturated/α-hetero) is 1. The van der Waals surface area contributed by atoms with E-state index in [2.05, 4.69) is 55.0 Å². The predicted molar refractivity (Wildman–Crippen MR) is 118 cm³/mol. The summed E-state index contributed by atoms with van der Waals surface area (Å²) in [5, 5.41) is 3.88. The molecule has 0 bridgehead atoms. The summed E-state index contributed by atoms with van der Waals surface area (Å²) in [5.74, 6) is 1.04. The minimum absolute atomic E-state index is 0.00971. The molecule has 2 atom stereocenters. The highest BCUT2D eigenvalue weighted by Crippen LogP contribution is 2.31. The number of fused-ring (bicyclic) bond motifs is 1. The van der Waals surface area contributed by atoms with Crippen LogP contribution in [-0.2, 0) is 4.79 Å². The summed E-state index contributed by atoms with van der Waals surface area (Å²) in [6, 6.07) is 5.61. The summed E-state index contributed by atoms with van der Waals surface area (Å²) in [5.41, 5.74) is 3.79. The molecule has 0 radical (unpaired) electrons. The van der Waals surface area contributed by atoms with E-state index in [4.69, 9.17) is 0 Å². The number of pyridine rings is 1. The topological polar surface area (TPSA) is 62.3 Å². The Morgan fingerprint density at radius 3 is 2.48 bits per heavy atom. The summed E-state index contributed by atoms with van der Waals surface area (Å²) in [4.78, 5) is 31.9. The van der Waals surface area contributed by atoms with Crippen molar-refractivity contribution in [3.63, 3.8) is 0 Å². The molecule has 1 aliphatic heterocycles. The molecule has 1 aromatic carbocycles. The van der Waals surface area contributed by atoms with Crippen LogP contribution in [0, 0.1) is 24.7 Å². The second-order valence-corrected chi connectivity index (χ2v) is 9.23. The van der Waals surface area contributed by atoms with Gasteiger partial charge in [-0.3, -0.25) is 14.6 Å². The van der Waals surface area contributed by atoms with Gasteiger partial charge in [-0.15, -0.1) is 0 Å². The van der Waals surface area contributed by atoms with Crippen LogP contribution in [0.25, 0.3) is 10.9 Å². The van der Waals surface area contributed by atoms with Crippen molar-refractivity contribution in [2.75, 3.05) is 18.0 Å². The molecular formula is C24H33N3O2. The molecule has 1 N–H and O–H groups in total. The number of aromatic nitrogens is 1. The molecule has 2 aromatic rings. The molecule has 1 aromatic heterocycles. The average Bonchev–Trinajstić information content (AvgIpc) is 2.61. The monoisotopic (exact) mass is 395 g/mol. The van der Waals surface area contributed by atoms with E-state index in [1.807, 2.05) is 13.0 Å². The van der Waals surface area contributed by atoms with Crippen molar-refractivity contribution in [2.45, 2.75) is 54.0 Å². The Labute approximate surface area is 173 Å². The van der Waals surface area contributed by atoms with Crippen LogP contribution in [0.15, 0.2) is 24.4 Å². The Morgan fingerprint density at radius 1 is 1.21 bits per heavy atom. The van der Waals surface area contributed by atoms with Crippen LogP contribution in [0.2, 0.25) is 0 Å². The van der Waals surface area contributed by atoms with Crippen LogP contribution in [0.3, 0.4) is 0 Å². The largest absolute Gasteiger partial charge is 0.371 e. The second-order valence-electron chi connectivity index (χ2n) is 9.23. The van der Waals surface area contributed by atoms with Gasteiger partial charge in [0.1, 0.15) is 0 Å². The third-order valence-corrected chi connectivity index (χ3v) is 5.80. The van der Waals surface area contributed by atoms with Gasteiger partial charge in [-0.2, -0.15) is 0 Å². The predicted octanol–water partition coefficient (Wildman–Crippen LogP) is 4.37. The zero-order chi connectivity index (χ0) is 21.3. The number of aryl methyl sites for hydroxylation is 1. The molecule has 5 nitrogen and oxygen atoms in total. The van der Waals surface area contributed by atoms with Crippen LogP contribution in [0.4, 0.5) is 5.69 Å². The lowest BCUT2D eigenvalue weighted by atomic mass is 9.90. The number of carbonyl (C=O) groups excluding carboxylic acids is 2. The first-order chi connectivity index (χ1) is 13.7. The molecule has 3 rings (SSSR count). The minimum Gasteiger partial charge on any atom is -0.371 e. The minimum atomic E-state index is -0.474. The fourth-order valence-corrected chi connectivity index (χ4v) is 4.39. The molecule has 1 amide bonds. The highest BCUT2D eigenvalue weighted by atomic mass is 16.2. The number of nitrogens with one attached hydrogen (secondary N) is 1. The summed E-state index contributed by atoms with van der Waals surface area (Å²) >= 11 is 0. The molecule has 1 unspecified atom stereocenters. The third kappa shape index (κ3) is 4.77. The van der Waals surface area contributed by atoms with Gasteiger partial charge in [0.15, 0.2) is 5.78 Å². The Balaban J connectivity index is 1.80. The van der Waals surface area contributed by atoms with Crippen molar-refractivity contribution in [1.29, 1.82) is 0 Å². The first-order valence-electron chi connectivity index (χ1n) is 10.6. The van der Waals surface area contributed by atoms with E-state index in [0.29, 0.717) is 11.5 Å². The molecule has 2 heterocycles. The van der Waals surface area contributed by atoms with Gasteiger partial charge in [-0.25, -0.2) is 0 Å². The smallest absolute Gasteiger partial charge is 0.253 e. The fraction of sp³-hybridized carbons (Fsp3) is 0.542. The molecule has 156 valence electrons. The van der Waals surface area contributed by atoms with Gasteiger partial charge < -0.3 is 10.2 Å². The van der Waals surface area contributed by atoms with Crippen LogP contribution < -0.4 is 10.2 Å². The van der Waals surface area contributed by atoms with Crippen molar-refractivity contribution in [3.05, 3.63) is 35.5 Å². The average molecular weight is 396 g/mol. The van der Waals surface area contributed by atoms with Gasteiger partial charge in [0, 0.05) is 30.4 Å². The number of rotatable bonds is 7. The van der Waals surface area contributed by atoms with Gasteiger partial charge >= 0.3 is 0 Å². The number of anilines is 1. The molecule has 1 saturated heterocycles. The number of nitrogens with zero attached hydrogens (tertiary/aromatic N) is 2. The van der Waals surface area contributed by atoms with Crippen LogP contribution >= 0.6 is 0 Å². The first kappa shape index (κ1) is 21.3. The zero-order valence-corrected chi connectivity index (χ0v) is 18.5. The molecule has 0 saturated carbocycles. The quantitative estimate of drug-likeness (QED) is 0.756. The summed E-state index contributed by atoms with van der Waals surface area (Å²) in [6.45, 7) is 14.3. The van der Waals surface area contributed by atoms with Crippen LogP contribution in [0.1, 0.15) is 57.0 Å². The lowest BCUT2D eigenvalue weighted by Crippen LogP contribution is -2.45. The normalized spacial score (nSPS) is 16.6. The van der Waals surface area contributed by atoms with Crippen molar-refractivity contribution < 1.29 is 9.59 Å². The van der Waals surface area contributed by atoms with Gasteiger partial charge in [0.25, 0.3) is 5.91 Å². The fourth-order valence-electron chi connectivity index (χ4n) is 4.39. The lowest BCUT2D eigenvalue weighted by molar-refractivity contribution is -0.120. The summed E-state index contributed by atoms with van der Waals surface area (Å²) in [7, 11) is 0. The van der Waals surface area contributed by atoms with Gasteiger partial charge in [-0.1, -0.05) is 27.7 Å². The number of hydrogen-bond donors (Lipinski definition) is 1. The molecule has 1 fully saturated rings. The Morgan fingerprint density at radius 2 is 1.90 bits per heavy atom. The number of carbonyl (C=O) groups is 2. The van der Waals surface area contributed by atoms with E-state index < -0.39 is 6.04 Å². The first-order valence-corrected chi connectivity index (χ1v) is 10.6. The summed E-state index contributed by atoms with van der Waals surface area (Å²) < 4.78 is 0. The number of hydrogen-bond acceptors (Lipinski definition) is 4. The Hall–Kier alpha value is -2.43. The maximum absolute atomic E-state index is 12.8. The molecule has 0 aliphatic carbocycles. The van der Waals surface area contributed by atoms with Gasteiger partial charge in [0.05, 0.1) is 17.1 Å². The van der Waals surface area contributed by atoms with E-state index in [-0.39, 0.29) is 17.6 Å². The van der Waals surface area contributed by atoms with Gasteiger partial charge in [-0.05, 0) is 61.8 Å². The van der Waals surface area contributed by atoms with E-state index in [0.717, 1.165) is 36.3 Å².